The lowest BCUT2D eigenvalue weighted by Gasteiger charge is -2.23. The van der Waals surface area contributed by atoms with Crippen LogP contribution in [0.25, 0.3) is 0 Å². The molecule has 1 aromatic rings. The Balaban J connectivity index is 1.56. The van der Waals surface area contributed by atoms with Gasteiger partial charge in [0, 0.05) is 25.3 Å². The normalized spacial score (nSPS) is 26.0. The Kier molecular flexibility index (Phi) is 4.69. The van der Waals surface area contributed by atoms with Crippen molar-refractivity contribution in [3.63, 3.8) is 0 Å². The van der Waals surface area contributed by atoms with Gasteiger partial charge < -0.3 is 15.4 Å². The quantitative estimate of drug-likeness (QED) is 0.875. The lowest BCUT2D eigenvalue weighted by molar-refractivity contribution is 0.0205. The molecule has 6 heteroatoms. The number of amides is 1. The number of aromatic nitrogens is 2. The fourth-order valence-corrected chi connectivity index (χ4v) is 3.12. The van der Waals surface area contributed by atoms with E-state index in [4.69, 9.17) is 4.74 Å². The van der Waals surface area contributed by atoms with Crippen LogP contribution >= 0.6 is 0 Å². The zero-order valence-corrected chi connectivity index (χ0v) is 13.1. The van der Waals surface area contributed by atoms with Crippen molar-refractivity contribution in [3.05, 3.63) is 23.8 Å². The number of carbonyl (C=O) groups is 1. The number of piperidine rings is 1. The van der Waals surface area contributed by atoms with Crippen LogP contribution in [0, 0.1) is 0 Å². The number of hydrogen-bond acceptors (Lipinski definition) is 5. The predicted octanol–water partition coefficient (Wildman–Crippen LogP) is 1.24. The average Bonchev–Trinajstić information content (AvgIpc) is 3.01. The van der Waals surface area contributed by atoms with Gasteiger partial charge in [-0.1, -0.05) is 0 Å². The molecule has 0 spiro atoms. The van der Waals surface area contributed by atoms with Crippen LogP contribution in [0.2, 0.25) is 0 Å². The molecule has 2 N–H and O–H groups in total. The highest BCUT2D eigenvalue weighted by Crippen LogP contribution is 2.24. The lowest BCUT2D eigenvalue weighted by Crippen LogP contribution is -2.40. The fourth-order valence-electron chi connectivity index (χ4n) is 3.12. The molecular formula is C16H24N4O2. The van der Waals surface area contributed by atoms with E-state index in [1.54, 1.807) is 12.4 Å². The first-order valence-corrected chi connectivity index (χ1v) is 8.11. The van der Waals surface area contributed by atoms with E-state index in [2.05, 4.69) is 20.6 Å². The number of rotatable bonds is 4. The van der Waals surface area contributed by atoms with E-state index < -0.39 is 0 Å². The molecule has 3 heterocycles. The van der Waals surface area contributed by atoms with Crippen molar-refractivity contribution in [1.29, 1.82) is 0 Å². The molecule has 2 aliphatic heterocycles. The second-order valence-corrected chi connectivity index (χ2v) is 6.44. The zero-order chi connectivity index (χ0) is 15.4. The lowest BCUT2D eigenvalue weighted by atomic mass is 9.95. The number of carbonyl (C=O) groups excluding carboxylic acids is 1. The van der Waals surface area contributed by atoms with Crippen LogP contribution in [0.5, 0.6) is 0 Å². The second kappa shape index (κ2) is 6.71. The molecule has 22 heavy (non-hydrogen) atoms. The van der Waals surface area contributed by atoms with Crippen LogP contribution in [-0.2, 0) is 4.74 Å². The summed E-state index contributed by atoms with van der Waals surface area (Å²) < 4.78 is 5.67. The van der Waals surface area contributed by atoms with Crippen molar-refractivity contribution in [3.8, 4) is 0 Å². The van der Waals surface area contributed by atoms with Gasteiger partial charge >= 0.3 is 0 Å². The summed E-state index contributed by atoms with van der Waals surface area (Å²) in [6.07, 6.45) is 7.53. The molecule has 0 aliphatic carbocycles. The summed E-state index contributed by atoms with van der Waals surface area (Å²) in [5.74, 6) is 0.276. The van der Waals surface area contributed by atoms with E-state index in [-0.39, 0.29) is 11.5 Å². The van der Waals surface area contributed by atoms with Crippen LogP contribution in [0.15, 0.2) is 12.4 Å². The van der Waals surface area contributed by atoms with E-state index in [0.717, 1.165) is 51.1 Å². The molecule has 2 aliphatic rings. The van der Waals surface area contributed by atoms with Crippen molar-refractivity contribution < 1.29 is 9.53 Å². The molecule has 3 rings (SSSR count). The Hall–Kier alpha value is -1.53. The largest absolute Gasteiger partial charge is 0.373 e. The Bertz CT molecular complexity index is 505. The van der Waals surface area contributed by atoms with Crippen LogP contribution in [-0.4, -0.2) is 47.7 Å². The molecule has 120 valence electrons. The number of nitrogens with zero attached hydrogens (tertiary/aromatic N) is 2. The van der Waals surface area contributed by atoms with E-state index in [1.807, 2.05) is 6.92 Å². The van der Waals surface area contributed by atoms with Crippen LogP contribution in [0.4, 0.5) is 0 Å². The highest BCUT2D eigenvalue weighted by atomic mass is 16.5. The highest BCUT2D eigenvalue weighted by Gasteiger charge is 2.30. The monoisotopic (exact) mass is 304 g/mol. The van der Waals surface area contributed by atoms with Gasteiger partial charge in [-0.05, 0) is 45.7 Å². The molecule has 1 atom stereocenters. The summed E-state index contributed by atoms with van der Waals surface area (Å²) in [7, 11) is 0. The SMILES string of the molecule is C[C@]1(CNC(=O)c2cnc(C3CCNCC3)cn2)CCCO1. The molecule has 0 unspecified atom stereocenters. The number of hydrogen-bond donors (Lipinski definition) is 2. The van der Waals surface area contributed by atoms with Gasteiger partial charge in [-0.3, -0.25) is 9.78 Å². The highest BCUT2D eigenvalue weighted by molar-refractivity contribution is 5.91. The Labute approximate surface area is 131 Å². The molecule has 0 radical (unpaired) electrons. The van der Waals surface area contributed by atoms with Crippen molar-refractivity contribution in [2.75, 3.05) is 26.2 Å². The first-order chi connectivity index (χ1) is 10.7. The summed E-state index contributed by atoms with van der Waals surface area (Å²) in [5, 5.41) is 6.24. The molecule has 6 nitrogen and oxygen atoms in total. The maximum atomic E-state index is 12.2. The third-order valence-electron chi connectivity index (χ3n) is 4.59. The van der Waals surface area contributed by atoms with Gasteiger partial charge in [0.1, 0.15) is 5.69 Å². The van der Waals surface area contributed by atoms with Gasteiger partial charge in [-0.25, -0.2) is 4.98 Å². The van der Waals surface area contributed by atoms with Gasteiger partial charge in [-0.15, -0.1) is 0 Å². The molecule has 1 amide bonds. The standard InChI is InChI=1S/C16H24N4O2/c1-16(5-2-8-22-16)11-20-15(21)14-10-18-13(9-19-14)12-3-6-17-7-4-12/h9-10,12,17H,2-8,11H2,1H3,(H,20,21)/t16-/m1/s1. The van der Waals surface area contributed by atoms with Gasteiger partial charge in [0.05, 0.1) is 17.5 Å². The first kappa shape index (κ1) is 15.4. The van der Waals surface area contributed by atoms with Crippen molar-refractivity contribution in [2.24, 2.45) is 0 Å². The Morgan fingerprint density at radius 2 is 2.23 bits per heavy atom. The summed E-state index contributed by atoms with van der Waals surface area (Å²) in [6, 6.07) is 0. The van der Waals surface area contributed by atoms with Gasteiger partial charge in [-0.2, -0.15) is 0 Å². The Morgan fingerprint density at radius 3 is 2.86 bits per heavy atom. The van der Waals surface area contributed by atoms with E-state index in [9.17, 15) is 4.79 Å². The van der Waals surface area contributed by atoms with E-state index >= 15 is 0 Å². The second-order valence-electron chi connectivity index (χ2n) is 6.44. The summed E-state index contributed by atoms with van der Waals surface area (Å²) in [4.78, 5) is 20.9. The molecule has 2 saturated heterocycles. The fraction of sp³-hybridized carbons (Fsp3) is 0.688. The molecular weight excluding hydrogens is 280 g/mol. The summed E-state index contributed by atoms with van der Waals surface area (Å²) in [6.45, 7) is 5.37. The third kappa shape index (κ3) is 3.62. The van der Waals surface area contributed by atoms with Gasteiger partial charge in [0.15, 0.2) is 0 Å². The smallest absolute Gasteiger partial charge is 0.271 e. The first-order valence-electron chi connectivity index (χ1n) is 8.11. The molecule has 0 bridgehead atoms. The minimum Gasteiger partial charge on any atom is -0.373 e. The minimum atomic E-state index is -0.238. The topological polar surface area (TPSA) is 76.1 Å². The predicted molar refractivity (Wildman–Crippen MR) is 82.8 cm³/mol. The maximum absolute atomic E-state index is 12.2. The summed E-state index contributed by atoms with van der Waals surface area (Å²) >= 11 is 0. The molecule has 0 aromatic carbocycles. The number of nitrogens with one attached hydrogen (secondary N) is 2. The molecule has 0 saturated carbocycles. The molecule has 1 aromatic heterocycles. The number of ether oxygens (including phenoxy) is 1. The van der Waals surface area contributed by atoms with E-state index in [1.165, 1.54) is 0 Å². The maximum Gasteiger partial charge on any atom is 0.271 e. The van der Waals surface area contributed by atoms with Crippen LogP contribution in [0.1, 0.15) is 54.7 Å². The molecule has 2 fully saturated rings. The van der Waals surface area contributed by atoms with E-state index in [0.29, 0.717) is 18.2 Å². The average molecular weight is 304 g/mol. The van der Waals surface area contributed by atoms with Gasteiger partial charge in [0.25, 0.3) is 5.91 Å². The van der Waals surface area contributed by atoms with Crippen LogP contribution in [0.3, 0.4) is 0 Å². The van der Waals surface area contributed by atoms with Crippen molar-refractivity contribution in [2.45, 2.75) is 44.1 Å². The third-order valence-corrected chi connectivity index (χ3v) is 4.59. The van der Waals surface area contributed by atoms with Gasteiger partial charge in [0.2, 0.25) is 0 Å². The summed E-state index contributed by atoms with van der Waals surface area (Å²) in [5.41, 5.74) is 1.13. The van der Waals surface area contributed by atoms with Crippen molar-refractivity contribution >= 4 is 5.91 Å². The Morgan fingerprint density at radius 1 is 1.41 bits per heavy atom. The van der Waals surface area contributed by atoms with Crippen LogP contribution < -0.4 is 10.6 Å². The minimum absolute atomic E-state index is 0.180. The zero-order valence-electron chi connectivity index (χ0n) is 13.1. The van der Waals surface area contributed by atoms with Crippen molar-refractivity contribution in [1.82, 2.24) is 20.6 Å².